The molecule has 0 aliphatic rings. The van der Waals surface area contributed by atoms with E-state index in [9.17, 15) is 0 Å². The van der Waals surface area contributed by atoms with Crippen LogP contribution in [0.2, 0.25) is 12.6 Å². The van der Waals surface area contributed by atoms with Crippen molar-refractivity contribution in [3.05, 3.63) is 491 Å². The van der Waals surface area contributed by atoms with Crippen LogP contribution in [0.1, 0.15) is 126 Å². The third-order valence-corrected chi connectivity index (χ3v) is 29.1. The van der Waals surface area contributed by atoms with Crippen LogP contribution in [-0.2, 0) is 10.8 Å². The molecule has 0 fully saturated rings. The van der Waals surface area contributed by atoms with Gasteiger partial charge in [-0.1, -0.05) is 415 Å². The second-order valence-electron chi connectivity index (χ2n) is 31.1. The first-order valence-corrected chi connectivity index (χ1v) is 47.2. The van der Waals surface area contributed by atoms with Crippen molar-refractivity contribution in [2.24, 2.45) is 0 Å². The lowest BCUT2D eigenvalue weighted by Crippen LogP contribution is -3.61. The van der Waals surface area contributed by atoms with E-state index in [-0.39, 0.29) is 74.4 Å². The molecule has 0 bridgehead atoms. The van der Waals surface area contributed by atoms with E-state index in [1.165, 1.54) is 120 Å². The Labute approximate surface area is 725 Å². The summed E-state index contributed by atoms with van der Waals surface area (Å²) < 4.78 is 8.48. The zero-order valence-electron chi connectivity index (χ0n) is 68.5. The standard InChI is InChI=1S/2C22H24B.C20H26I.C19H16.C14H8IN2.C12H10I/c2*1-2-3-19-23(20-13-7-4-8-14-20,21-15-9-5-10-16-21)22-17-11-6-12-18-22;1-19(2,3)15-7-11-17(12-8-15)21-18-13-9-16(10-14-18)20(4,5)6;1-4-10-16(11-5-1)19(17-12-6-2-7-13-17)18-14-8-3-9-15-18;16-9-11-1-5-13(6-2-11)15-14-7-3-12(10-17)4-8-14;1-3-7-11(8-4-1)13-12-9-5-2-6-10-12/h2*4-18H,2-3,19H2,1H3;7-14H,1-6H3;1-15,19H;1-8H;1-10H/q2*-1;+1;;2*+1. The number of rotatable bonds is 21. The lowest BCUT2D eigenvalue weighted by molar-refractivity contribution is -0.597. The van der Waals surface area contributed by atoms with Gasteiger partial charge in [-0.05, 0) is 136 Å². The summed E-state index contributed by atoms with van der Waals surface area (Å²) in [5.41, 5.74) is 17.4. The molecule has 0 N–H and O–H groups in total. The van der Waals surface area contributed by atoms with Gasteiger partial charge in [-0.15, -0.1) is 0 Å². The van der Waals surface area contributed by atoms with Crippen LogP contribution < -0.4 is 96.4 Å². The van der Waals surface area contributed by atoms with E-state index < -0.39 is 12.3 Å². The predicted molar refractivity (Wildman–Crippen MR) is 485 cm³/mol. The minimum Gasteiger partial charge on any atom is -0.200 e. The van der Waals surface area contributed by atoms with Crippen molar-refractivity contribution in [1.82, 2.24) is 0 Å². The molecule has 15 aromatic rings. The number of benzene rings is 15. The molecule has 0 amide bonds. The second-order valence-corrected chi connectivity index (χ2v) is 40.2. The summed E-state index contributed by atoms with van der Waals surface area (Å²) in [6.07, 6.45) is 5.46. The quantitative estimate of drug-likeness (QED) is 0.0409. The van der Waals surface area contributed by atoms with E-state index >= 15 is 0 Å². The van der Waals surface area contributed by atoms with E-state index in [1.807, 2.05) is 48.5 Å². The van der Waals surface area contributed by atoms with Crippen molar-refractivity contribution in [2.75, 3.05) is 0 Å². The van der Waals surface area contributed by atoms with Gasteiger partial charge in [0, 0.05) is 5.92 Å². The van der Waals surface area contributed by atoms with E-state index in [0.717, 1.165) is 0 Å². The van der Waals surface area contributed by atoms with Gasteiger partial charge in [0.25, 0.3) is 0 Å². The van der Waals surface area contributed by atoms with E-state index in [1.54, 1.807) is 0 Å². The molecule has 0 heterocycles. The fourth-order valence-corrected chi connectivity index (χ4v) is 21.5. The maximum Gasteiger partial charge on any atom is 0.357 e. The SMILES string of the molecule is CC(C)(C)c1ccc([I+]c2ccc(C(C)(C)C)cc2)cc1.CCCC[B-](c1ccccc1)(c1ccccc1)c1ccccc1.CCCC[B-](c1ccccc1)(c1ccccc1)c1ccccc1.N#Cc1ccc([I+]c2ccc(C#N)cc2)cc1.c1ccc(C(c2ccccc2)c2ccccc2)cc1.c1ccc([I+]c2ccccc2)cc1. The smallest absolute Gasteiger partial charge is 0.200 e. The zero-order chi connectivity index (χ0) is 81.5. The molecular weight excluding hydrogens is 1740 g/mol. The summed E-state index contributed by atoms with van der Waals surface area (Å²) in [6.45, 7) is 18.2. The van der Waals surface area contributed by atoms with Crippen LogP contribution in [-0.4, -0.2) is 12.3 Å². The van der Waals surface area contributed by atoms with Crippen LogP contribution in [0.25, 0.3) is 0 Å². The maximum atomic E-state index is 8.70. The summed E-state index contributed by atoms with van der Waals surface area (Å²) in [5.74, 6) is 0.309. The lowest BCUT2D eigenvalue weighted by atomic mass is 9.14. The summed E-state index contributed by atoms with van der Waals surface area (Å²) in [7, 11) is 0. The molecule has 0 saturated carbocycles. The Morgan fingerprint density at radius 2 is 0.422 bits per heavy atom. The third kappa shape index (κ3) is 26.3. The number of hydrogen-bond acceptors (Lipinski definition) is 2. The summed E-state index contributed by atoms with van der Waals surface area (Å²) in [6, 6.07) is 158. The van der Waals surface area contributed by atoms with Crippen molar-refractivity contribution < 1.29 is 63.6 Å². The molecule has 0 aliphatic carbocycles. The van der Waals surface area contributed by atoms with Crippen LogP contribution in [0.5, 0.6) is 0 Å². The fraction of sp³-hybridized carbons (Fsp3) is 0.156. The molecule has 0 atom stereocenters. The highest BCUT2D eigenvalue weighted by molar-refractivity contribution is 7.12. The Morgan fingerprint density at radius 3 is 0.612 bits per heavy atom. The molecule has 0 aliphatic heterocycles. The highest BCUT2D eigenvalue weighted by Gasteiger charge is 2.31. The minimum absolute atomic E-state index is 0.0287. The van der Waals surface area contributed by atoms with Gasteiger partial charge in [-0.2, -0.15) is 55.9 Å². The van der Waals surface area contributed by atoms with Crippen LogP contribution in [0.15, 0.2) is 431 Å². The summed E-state index contributed by atoms with van der Waals surface area (Å²) >= 11 is -0.268. The number of unbranched alkanes of at least 4 members (excludes halogenated alkanes) is 2. The third-order valence-electron chi connectivity index (χ3n) is 21.1. The number of nitrogens with zero attached hydrogens (tertiary/aromatic N) is 2. The topological polar surface area (TPSA) is 47.6 Å². The van der Waals surface area contributed by atoms with Gasteiger partial charge in [0.15, 0.2) is 21.4 Å². The van der Waals surface area contributed by atoms with Crippen molar-refractivity contribution in [3.8, 4) is 12.1 Å². The van der Waals surface area contributed by atoms with Gasteiger partial charge in [0.2, 0.25) is 0 Å². The number of halogens is 3. The van der Waals surface area contributed by atoms with Crippen LogP contribution in [0.3, 0.4) is 0 Å². The van der Waals surface area contributed by atoms with Crippen molar-refractivity contribution in [3.63, 3.8) is 0 Å². The Balaban J connectivity index is 0.000000148. The molecule has 116 heavy (non-hydrogen) atoms. The normalized spacial score (nSPS) is 11.0. The summed E-state index contributed by atoms with van der Waals surface area (Å²) in [5, 5.41) is 17.4. The average Bonchev–Trinajstić information content (AvgIpc) is 0.762. The molecule has 0 aromatic heterocycles. The van der Waals surface area contributed by atoms with E-state index in [2.05, 4.69) is 450 Å². The molecule has 0 saturated heterocycles. The largest absolute Gasteiger partial charge is 0.357 e. The molecule has 0 unspecified atom stereocenters. The minimum atomic E-state index is -0.913. The van der Waals surface area contributed by atoms with Gasteiger partial charge in [-0.3, -0.25) is 0 Å². The van der Waals surface area contributed by atoms with Crippen LogP contribution in [0.4, 0.5) is 0 Å². The zero-order valence-corrected chi connectivity index (χ0v) is 75.0. The molecule has 2 nitrogen and oxygen atoms in total. The number of hydrogen-bond donors (Lipinski definition) is 0. The highest BCUT2D eigenvalue weighted by atomic mass is 127. The first-order valence-electron chi connectivity index (χ1n) is 40.7. The first-order chi connectivity index (χ1) is 56.6. The van der Waals surface area contributed by atoms with Gasteiger partial charge < -0.3 is 0 Å². The second kappa shape index (κ2) is 46.4. The van der Waals surface area contributed by atoms with Gasteiger partial charge >= 0.3 is 63.6 Å². The summed E-state index contributed by atoms with van der Waals surface area (Å²) in [4.78, 5) is 0. The molecule has 0 radical (unpaired) electrons. The fourth-order valence-electron chi connectivity index (χ4n) is 14.9. The Morgan fingerprint density at radius 1 is 0.241 bits per heavy atom. The Kier molecular flexibility index (Phi) is 35.2. The van der Waals surface area contributed by atoms with Crippen LogP contribution >= 0.6 is 0 Å². The van der Waals surface area contributed by atoms with E-state index in [0.29, 0.717) is 17.0 Å². The average molecular weight is 1850 g/mol. The van der Waals surface area contributed by atoms with Crippen molar-refractivity contribution in [1.29, 1.82) is 10.5 Å². The number of nitriles is 2. The predicted octanol–water partition coefficient (Wildman–Crippen LogP) is 14.6. The Bertz CT molecular complexity index is 4740. The van der Waals surface area contributed by atoms with Crippen LogP contribution in [0, 0.1) is 44.1 Å². The molecule has 15 aromatic carbocycles. The first kappa shape index (κ1) is 88.0. The lowest BCUT2D eigenvalue weighted by Gasteiger charge is -2.43. The molecule has 7 heteroatoms. The van der Waals surface area contributed by atoms with Gasteiger partial charge in [0.05, 0.1) is 35.6 Å². The monoisotopic (exact) mass is 1850 g/mol. The highest BCUT2D eigenvalue weighted by Crippen LogP contribution is 2.32. The molecular formula is C109H108B2I3N2+. The molecule has 580 valence electrons. The van der Waals surface area contributed by atoms with Crippen molar-refractivity contribution in [2.45, 2.75) is 110 Å². The van der Waals surface area contributed by atoms with Gasteiger partial charge in [-0.25, -0.2) is 0 Å². The van der Waals surface area contributed by atoms with Crippen molar-refractivity contribution >= 4 is 45.1 Å². The molecule has 0 spiro atoms. The van der Waals surface area contributed by atoms with Gasteiger partial charge in [0.1, 0.15) is 0 Å². The Hall–Kier alpha value is -10.4. The van der Waals surface area contributed by atoms with E-state index in [4.69, 9.17) is 10.5 Å². The maximum absolute atomic E-state index is 8.70. The molecule has 15 rings (SSSR count).